The van der Waals surface area contributed by atoms with Crippen molar-refractivity contribution in [2.24, 2.45) is 0 Å². The number of hydrogen-bond acceptors (Lipinski definition) is 5. The van der Waals surface area contributed by atoms with Crippen molar-refractivity contribution >= 4 is 5.91 Å². The third kappa shape index (κ3) is 4.93. The second-order valence-electron chi connectivity index (χ2n) is 8.09. The first-order chi connectivity index (χ1) is 15.0. The molecule has 3 N–H and O–H groups in total. The summed E-state index contributed by atoms with van der Waals surface area (Å²) in [5, 5.41) is 25.2. The first-order valence-corrected chi connectivity index (χ1v) is 10.7. The van der Waals surface area contributed by atoms with E-state index < -0.39 is 24.1 Å². The van der Waals surface area contributed by atoms with E-state index in [1.54, 1.807) is 6.07 Å². The van der Waals surface area contributed by atoms with E-state index in [9.17, 15) is 19.6 Å². The Hall–Kier alpha value is -2.79. The van der Waals surface area contributed by atoms with Crippen LogP contribution in [0.2, 0.25) is 0 Å². The van der Waals surface area contributed by atoms with E-state index in [-0.39, 0.29) is 12.3 Å². The molecule has 1 aliphatic heterocycles. The van der Waals surface area contributed by atoms with Gasteiger partial charge in [-0.1, -0.05) is 30.3 Å². The van der Waals surface area contributed by atoms with Gasteiger partial charge in [-0.3, -0.25) is 4.79 Å². The first-order valence-electron chi connectivity index (χ1n) is 10.7. The van der Waals surface area contributed by atoms with Gasteiger partial charge in [0.2, 0.25) is 0 Å². The number of halogens is 1. The van der Waals surface area contributed by atoms with E-state index in [1.807, 2.05) is 30.3 Å². The van der Waals surface area contributed by atoms with Crippen LogP contribution in [-0.4, -0.2) is 42.9 Å². The molecule has 1 heterocycles. The summed E-state index contributed by atoms with van der Waals surface area (Å²) in [6, 6.07) is 11.9. The van der Waals surface area contributed by atoms with Crippen LogP contribution < -0.4 is 10.6 Å². The van der Waals surface area contributed by atoms with Gasteiger partial charge in [-0.2, -0.15) is 5.26 Å². The molecular weight excluding hydrogens is 397 g/mol. The van der Waals surface area contributed by atoms with E-state index in [1.165, 1.54) is 6.07 Å². The molecule has 4 rings (SSSR count). The number of hydrogen-bond donors (Lipinski definition) is 3. The SMILES string of the molecule is N#C[C@H](Cc1ccc(-c2ccc3c(c2)CCC3O)cc1F)NC(=O)[C@@H]1CNCCCO1. The number of ether oxygens (including phenoxy) is 1. The minimum Gasteiger partial charge on any atom is -0.388 e. The molecule has 3 atom stereocenters. The lowest BCUT2D eigenvalue weighted by molar-refractivity contribution is -0.132. The van der Waals surface area contributed by atoms with Crippen LogP contribution in [0.25, 0.3) is 11.1 Å². The van der Waals surface area contributed by atoms with Gasteiger partial charge in [0.1, 0.15) is 18.0 Å². The van der Waals surface area contributed by atoms with Gasteiger partial charge >= 0.3 is 0 Å². The Bertz CT molecular complexity index is 996. The zero-order valence-corrected chi connectivity index (χ0v) is 17.2. The molecule has 1 saturated heterocycles. The molecule has 7 heteroatoms. The second kappa shape index (κ2) is 9.56. The largest absolute Gasteiger partial charge is 0.388 e. The summed E-state index contributed by atoms with van der Waals surface area (Å²) in [7, 11) is 0. The molecule has 6 nitrogen and oxygen atoms in total. The molecule has 0 radical (unpaired) electrons. The Balaban J connectivity index is 1.44. The lowest BCUT2D eigenvalue weighted by atomic mass is 9.97. The molecule has 1 unspecified atom stereocenters. The van der Waals surface area contributed by atoms with Crippen LogP contribution in [0.4, 0.5) is 4.39 Å². The van der Waals surface area contributed by atoms with Gasteiger partial charge in [-0.15, -0.1) is 0 Å². The first kappa shape index (κ1) is 21.4. The number of nitrogens with one attached hydrogen (secondary N) is 2. The highest BCUT2D eigenvalue weighted by Crippen LogP contribution is 2.34. The van der Waals surface area contributed by atoms with E-state index in [4.69, 9.17) is 4.74 Å². The standard InChI is InChI=1S/C24H26FN3O3/c25-21-12-16(15-4-6-20-17(10-15)5-7-22(20)29)2-3-18(21)11-19(13-26)28-24(30)23-14-27-8-1-9-31-23/h2-4,6,10,12,19,22-23,27,29H,1,5,7-9,11,14H2,(H,28,30)/t19-,22?,23-/m0/s1. The smallest absolute Gasteiger partial charge is 0.251 e. The molecular formula is C24H26FN3O3. The maximum atomic E-state index is 14.8. The minimum absolute atomic E-state index is 0.0743. The number of nitrogens with zero attached hydrogens (tertiary/aromatic N) is 1. The molecule has 2 aromatic carbocycles. The van der Waals surface area contributed by atoms with Gasteiger partial charge in [0.25, 0.3) is 5.91 Å². The maximum absolute atomic E-state index is 14.8. The molecule has 1 fully saturated rings. The molecule has 162 valence electrons. The summed E-state index contributed by atoms with van der Waals surface area (Å²) in [5.41, 5.74) is 4.03. The normalized spacial score (nSPS) is 21.6. The molecule has 2 aliphatic rings. The molecule has 0 aromatic heterocycles. The Morgan fingerprint density at radius 2 is 2.13 bits per heavy atom. The quantitative estimate of drug-likeness (QED) is 0.687. The third-order valence-corrected chi connectivity index (χ3v) is 5.91. The molecule has 0 saturated carbocycles. The van der Waals surface area contributed by atoms with E-state index in [2.05, 4.69) is 10.6 Å². The fourth-order valence-corrected chi connectivity index (χ4v) is 4.16. The predicted octanol–water partition coefficient (Wildman–Crippen LogP) is 2.40. The van der Waals surface area contributed by atoms with Crippen molar-refractivity contribution in [2.75, 3.05) is 19.7 Å². The van der Waals surface area contributed by atoms with Gasteiger partial charge in [0.05, 0.1) is 12.2 Å². The van der Waals surface area contributed by atoms with Crippen molar-refractivity contribution in [3.05, 3.63) is 58.9 Å². The number of rotatable bonds is 5. The van der Waals surface area contributed by atoms with E-state index >= 15 is 0 Å². The summed E-state index contributed by atoms with van der Waals surface area (Å²) in [6.07, 6.45) is 1.37. The predicted molar refractivity (Wildman–Crippen MR) is 114 cm³/mol. The average Bonchev–Trinajstić information content (AvgIpc) is 2.97. The van der Waals surface area contributed by atoms with Crippen molar-refractivity contribution in [2.45, 2.75) is 43.9 Å². The van der Waals surface area contributed by atoms with Crippen molar-refractivity contribution in [1.29, 1.82) is 5.26 Å². The molecule has 1 aliphatic carbocycles. The zero-order chi connectivity index (χ0) is 21.8. The number of fused-ring (bicyclic) bond motifs is 1. The lowest BCUT2D eigenvalue weighted by Gasteiger charge is -2.18. The number of amides is 1. The molecule has 2 aromatic rings. The van der Waals surface area contributed by atoms with Gasteiger partial charge < -0.3 is 20.5 Å². The van der Waals surface area contributed by atoms with Crippen molar-refractivity contribution < 1.29 is 19.0 Å². The highest BCUT2D eigenvalue weighted by atomic mass is 19.1. The minimum atomic E-state index is -0.846. The Kier molecular flexibility index (Phi) is 6.62. The van der Waals surface area contributed by atoms with Crippen LogP contribution in [0, 0.1) is 17.1 Å². The Morgan fingerprint density at radius 3 is 2.94 bits per heavy atom. The number of nitriles is 1. The number of aliphatic hydroxyl groups is 1. The number of carbonyl (C=O) groups is 1. The monoisotopic (exact) mass is 423 g/mol. The highest BCUT2D eigenvalue weighted by molar-refractivity contribution is 5.81. The van der Waals surface area contributed by atoms with Crippen LogP contribution in [-0.2, 0) is 22.4 Å². The third-order valence-electron chi connectivity index (χ3n) is 5.91. The van der Waals surface area contributed by atoms with Crippen LogP contribution >= 0.6 is 0 Å². The molecule has 0 bridgehead atoms. The van der Waals surface area contributed by atoms with Crippen LogP contribution in [0.3, 0.4) is 0 Å². The van der Waals surface area contributed by atoms with Crippen molar-refractivity contribution in [3.63, 3.8) is 0 Å². The highest BCUT2D eigenvalue weighted by Gasteiger charge is 2.24. The van der Waals surface area contributed by atoms with E-state index in [0.717, 1.165) is 48.1 Å². The number of carbonyl (C=O) groups excluding carboxylic acids is 1. The van der Waals surface area contributed by atoms with Crippen LogP contribution in [0.1, 0.15) is 35.6 Å². The zero-order valence-electron chi connectivity index (χ0n) is 17.2. The van der Waals surface area contributed by atoms with E-state index in [0.29, 0.717) is 18.7 Å². The lowest BCUT2D eigenvalue weighted by Crippen LogP contribution is -2.46. The van der Waals surface area contributed by atoms with Gasteiger partial charge in [-0.25, -0.2) is 4.39 Å². The summed E-state index contributed by atoms with van der Waals surface area (Å²) in [5.74, 6) is -0.779. The number of aliphatic hydroxyl groups excluding tert-OH is 1. The topological polar surface area (TPSA) is 94.4 Å². The van der Waals surface area contributed by atoms with Crippen molar-refractivity contribution in [1.82, 2.24) is 10.6 Å². The van der Waals surface area contributed by atoms with Crippen LogP contribution in [0.15, 0.2) is 36.4 Å². The van der Waals surface area contributed by atoms with Gasteiger partial charge in [0, 0.05) is 19.6 Å². The summed E-state index contributed by atoms with van der Waals surface area (Å²) >= 11 is 0. The number of aryl methyl sites for hydroxylation is 1. The fraction of sp³-hybridized carbons (Fsp3) is 0.417. The number of benzene rings is 2. The van der Waals surface area contributed by atoms with Gasteiger partial charge in [-0.05, 0) is 59.7 Å². The van der Waals surface area contributed by atoms with Crippen LogP contribution in [0.5, 0.6) is 0 Å². The summed E-state index contributed by atoms with van der Waals surface area (Å²) in [4.78, 5) is 12.4. The second-order valence-corrected chi connectivity index (χ2v) is 8.09. The summed E-state index contributed by atoms with van der Waals surface area (Å²) < 4.78 is 20.3. The summed E-state index contributed by atoms with van der Waals surface area (Å²) in [6.45, 7) is 1.67. The molecule has 1 amide bonds. The van der Waals surface area contributed by atoms with Gasteiger partial charge in [0.15, 0.2) is 0 Å². The Labute approximate surface area is 181 Å². The molecule has 0 spiro atoms. The molecule has 31 heavy (non-hydrogen) atoms. The van der Waals surface area contributed by atoms with Crippen molar-refractivity contribution in [3.8, 4) is 17.2 Å². The Morgan fingerprint density at radius 1 is 1.32 bits per heavy atom. The fourth-order valence-electron chi connectivity index (χ4n) is 4.16. The maximum Gasteiger partial charge on any atom is 0.251 e. The average molecular weight is 423 g/mol.